The Balaban J connectivity index is 1.79. The number of quaternary nitrogens is 1. The van der Waals surface area contributed by atoms with Gasteiger partial charge in [-0.25, -0.2) is 0 Å². The van der Waals surface area contributed by atoms with Crippen molar-refractivity contribution in [3.05, 3.63) is 34.3 Å². The van der Waals surface area contributed by atoms with Gasteiger partial charge in [-0.2, -0.15) is 0 Å². The minimum Gasteiger partial charge on any atom is -0.617 e. The third kappa shape index (κ3) is 2.31. The molecule has 1 unspecified atom stereocenters. The molecule has 2 saturated heterocycles. The van der Waals surface area contributed by atoms with Crippen LogP contribution in [0.1, 0.15) is 19.3 Å². The zero-order valence-corrected chi connectivity index (χ0v) is 11.1. The number of nitrogens with zero attached hydrogens (tertiary/aromatic N) is 2. The number of fused-ring (bicyclic) bond motifs is 1. The van der Waals surface area contributed by atoms with Gasteiger partial charge in [-0.1, -0.05) is 12.2 Å². The van der Waals surface area contributed by atoms with E-state index in [9.17, 15) is 10.4 Å². The van der Waals surface area contributed by atoms with Gasteiger partial charge in [0.25, 0.3) is 0 Å². The Bertz CT molecular complexity index is 378. The van der Waals surface area contributed by atoms with Crippen LogP contribution >= 0.6 is 12.1 Å². The molecule has 0 saturated carbocycles. The summed E-state index contributed by atoms with van der Waals surface area (Å²) in [6, 6.07) is -0.342. The molecule has 2 fully saturated rings. The average molecular weight is 268 g/mol. The smallest absolute Gasteiger partial charge is 0.202 e. The van der Waals surface area contributed by atoms with Crippen LogP contribution in [-0.2, 0) is 0 Å². The van der Waals surface area contributed by atoms with Crippen LogP contribution in [0.5, 0.6) is 0 Å². The van der Waals surface area contributed by atoms with Crippen molar-refractivity contribution < 1.29 is 4.21 Å². The van der Waals surface area contributed by atoms with E-state index >= 15 is 0 Å². The second-order valence-electron chi connectivity index (χ2n) is 5.13. The summed E-state index contributed by atoms with van der Waals surface area (Å²) in [5.41, 5.74) is 1.13. The highest BCUT2D eigenvalue weighted by molar-refractivity contribution is 7.91. The predicted molar refractivity (Wildman–Crippen MR) is 72.5 cm³/mol. The van der Waals surface area contributed by atoms with Gasteiger partial charge < -0.3 is 19.9 Å². The van der Waals surface area contributed by atoms with E-state index in [4.69, 9.17) is 0 Å². The van der Waals surface area contributed by atoms with Crippen LogP contribution < -0.4 is 5.32 Å². The molecule has 0 bridgehead atoms. The molecule has 3 aliphatic rings. The van der Waals surface area contributed by atoms with Crippen LogP contribution in [0.15, 0.2) is 23.9 Å². The molecule has 100 valence electrons. The number of piperidine rings is 1. The first-order chi connectivity index (χ1) is 8.67. The Morgan fingerprint density at radius 1 is 1.33 bits per heavy atom. The monoisotopic (exact) mass is 268 g/mol. The highest BCUT2D eigenvalue weighted by Gasteiger charge is 2.40. The molecule has 1 atom stereocenters. The zero-order chi connectivity index (χ0) is 12.6. The van der Waals surface area contributed by atoms with E-state index in [-0.39, 0.29) is 12.0 Å². The lowest BCUT2D eigenvalue weighted by atomic mass is 9.87. The van der Waals surface area contributed by atoms with Crippen LogP contribution in [0.4, 0.5) is 0 Å². The van der Waals surface area contributed by atoms with Gasteiger partial charge in [0.1, 0.15) is 6.04 Å². The first-order valence-corrected chi connectivity index (χ1v) is 7.24. The van der Waals surface area contributed by atoms with Crippen LogP contribution in [-0.4, -0.2) is 34.2 Å². The molecule has 3 aliphatic heterocycles. The standard InChI is InChI=1S/C12H18N3O2S/c16-15(17)12(10-4-6-13-7-5-10)9-11-3-1-2-8-14(11)18-15/h1-3,10,12-13H,4-9H2/q-1. The zero-order valence-electron chi connectivity index (χ0n) is 10.2. The molecule has 6 heteroatoms. The van der Waals surface area contributed by atoms with Crippen molar-refractivity contribution in [2.45, 2.75) is 25.3 Å². The summed E-state index contributed by atoms with van der Waals surface area (Å²) in [7, 11) is 0. The molecule has 18 heavy (non-hydrogen) atoms. The number of allylic oxidation sites excluding steroid dienone is 2. The highest BCUT2D eigenvalue weighted by Crippen LogP contribution is 2.44. The highest BCUT2D eigenvalue weighted by atomic mass is 32.2. The van der Waals surface area contributed by atoms with Crippen molar-refractivity contribution in [3.63, 3.8) is 0 Å². The van der Waals surface area contributed by atoms with Crippen LogP contribution in [0.2, 0.25) is 0 Å². The largest absolute Gasteiger partial charge is 0.617 e. The fourth-order valence-corrected chi connectivity index (χ4v) is 4.01. The van der Waals surface area contributed by atoms with Crippen molar-refractivity contribution in [1.82, 2.24) is 9.62 Å². The second kappa shape index (κ2) is 4.86. The molecule has 0 aromatic heterocycles. The van der Waals surface area contributed by atoms with Gasteiger partial charge in [-0.3, -0.25) is 4.31 Å². The van der Waals surface area contributed by atoms with Crippen molar-refractivity contribution >= 4 is 12.1 Å². The van der Waals surface area contributed by atoms with E-state index in [2.05, 4.69) is 5.32 Å². The molecular weight excluding hydrogens is 250 g/mol. The lowest BCUT2D eigenvalue weighted by molar-refractivity contribution is -0.727. The Hall–Kier alpha value is -0.530. The first-order valence-electron chi connectivity index (χ1n) is 6.51. The van der Waals surface area contributed by atoms with E-state index in [1.54, 1.807) is 0 Å². The molecule has 0 amide bonds. The molecule has 3 rings (SSSR count). The van der Waals surface area contributed by atoms with Gasteiger partial charge in [-0.05, 0) is 32.0 Å². The number of rotatable bonds is 1. The van der Waals surface area contributed by atoms with Crippen LogP contribution in [0.25, 0.3) is 0 Å². The Morgan fingerprint density at radius 2 is 2.11 bits per heavy atom. The maximum absolute atomic E-state index is 12.2. The summed E-state index contributed by atoms with van der Waals surface area (Å²) in [5.74, 6) is 0.253. The van der Waals surface area contributed by atoms with Gasteiger partial charge in [0.05, 0.1) is 6.54 Å². The summed E-state index contributed by atoms with van der Waals surface area (Å²) in [4.78, 5) is 0. The Morgan fingerprint density at radius 3 is 2.89 bits per heavy atom. The molecule has 1 N–H and O–H groups in total. The normalized spacial score (nSPS) is 32.0. The Kier molecular flexibility index (Phi) is 3.38. The van der Waals surface area contributed by atoms with E-state index in [1.807, 2.05) is 22.5 Å². The lowest BCUT2D eigenvalue weighted by Gasteiger charge is -2.57. The van der Waals surface area contributed by atoms with Gasteiger partial charge in [0.15, 0.2) is 0 Å². The maximum Gasteiger partial charge on any atom is 0.202 e. The number of hydrogen-bond acceptors (Lipinski definition) is 5. The number of nitrogens with one attached hydrogen (secondary N) is 1. The first kappa shape index (κ1) is 12.5. The van der Waals surface area contributed by atoms with Gasteiger partial charge in [0, 0.05) is 18.0 Å². The summed E-state index contributed by atoms with van der Waals surface area (Å²) in [6.45, 7) is 2.52. The van der Waals surface area contributed by atoms with E-state index in [0.29, 0.717) is 13.0 Å². The van der Waals surface area contributed by atoms with Crippen molar-refractivity contribution in [3.8, 4) is 0 Å². The minimum atomic E-state index is -1.42. The Labute approximate surface area is 112 Å². The van der Waals surface area contributed by atoms with Gasteiger partial charge in [-0.15, -0.1) is 0 Å². The summed E-state index contributed by atoms with van der Waals surface area (Å²) in [5, 5.41) is 27.8. The topological polar surface area (TPSA) is 61.4 Å². The summed E-state index contributed by atoms with van der Waals surface area (Å²) in [6.07, 6.45) is 8.53. The van der Waals surface area contributed by atoms with Crippen LogP contribution in [0, 0.1) is 16.3 Å². The summed E-state index contributed by atoms with van der Waals surface area (Å²) < 4.78 is 0.424. The maximum atomic E-state index is 12.2. The molecule has 0 radical (unpaired) electrons. The van der Waals surface area contributed by atoms with Gasteiger partial charge in [0.2, 0.25) is 12.1 Å². The average Bonchev–Trinajstić information content (AvgIpc) is 2.38. The predicted octanol–water partition coefficient (Wildman–Crippen LogP) is 1.89. The third-order valence-corrected chi connectivity index (χ3v) is 5.06. The van der Waals surface area contributed by atoms with Crippen molar-refractivity contribution in [2.24, 2.45) is 5.92 Å². The molecular formula is C12H18N3O2S-. The molecule has 5 nitrogen and oxygen atoms in total. The van der Waals surface area contributed by atoms with E-state index < -0.39 is 4.21 Å². The second-order valence-corrected chi connectivity index (χ2v) is 6.24. The minimum absolute atomic E-state index is 0.253. The molecule has 0 spiro atoms. The summed E-state index contributed by atoms with van der Waals surface area (Å²) >= 11 is 0.894. The van der Waals surface area contributed by atoms with Crippen molar-refractivity contribution in [1.29, 1.82) is 0 Å². The third-order valence-electron chi connectivity index (χ3n) is 3.98. The lowest BCUT2D eigenvalue weighted by Crippen LogP contribution is -2.53. The van der Waals surface area contributed by atoms with Crippen LogP contribution in [0.3, 0.4) is 0 Å². The quantitative estimate of drug-likeness (QED) is 0.447. The number of hydrogen-bond donors (Lipinski definition) is 1. The molecule has 3 heterocycles. The molecule has 0 aromatic rings. The van der Waals surface area contributed by atoms with E-state index in [0.717, 1.165) is 43.8 Å². The fourth-order valence-electron chi connectivity index (χ4n) is 2.97. The van der Waals surface area contributed by atoms with E-state index in [1.165, 1.54) is 0 Å². The SMILES string of the molecule is [O-][N+]1([O-])SN2CC=CC=C2CC1C1CCNCC1. The van der Waals surface area contributed by atoms with Gasteiger partial charge >= 0.3 is 0 Å². The molecule has 0 aliphatic carbocycles. The fraction of sp³-hybridized carbons (Fsp3) is 0.667. The number of hydroxylamine groups is 2. The van der Waals surface area contributed by atoms with Crippen molar-refractivity contribution in [2.75, 3.05) is 19.6 Å². The molecule has 0 aromatic carbocycles.